The lowest BCUT2D eigenvalue weighted by Crippen LogP contribution is -2.11. The number of hydrogen-bond acceptors (Lipinski definition) is 3. The third-order valence-corrected chi connectivity index (χ3v) is 4.10. The summed E-state index contributed by atoms with van der Waals surface area (Å²) in [6.07, 6.45) is -4.45. The molecule has 0 heterocycles. The predicted molar refractivity (Wildman–Crippen MR) is 102 cm³/mol. The molecular weight excluding hydrogens is 367 g/mol. The topological polar surface area (TPSA) is 44.5 Å². The van der Waals surface area contributed by atoms with Gasteiger partial charge in [-0.25, -0.2) is 0 Å². The van der Waals surface area contributed by atoms with E-state index in [1.165, 1.54) is 12.1 Å². The van der Waals surface area contributed by atoms with Crippen LogP contribution in [-0.2, 0) is 12.8 Å². The van der Waals surface area contributed by atoms with Crippen LogP contribution in [0.5, 0.6) is 11.5 Å². The Kier molecular flexibility index (Phi) is 6.21. The third-order valence-electron chi connectivity index (χ3n) is 4.10. The first-order chi connectivity index (χ1) is 13.5. The molecule has 146 valence electrons. The van der Waals surface area contributed by atoms with E-state index >= 15 is 0 Å². The average molecular weight is 387 g/mol. The van der Waals surface area contributed by atoms with E-state index in [2.05, 4.69) is 0 Å². The van der Waals surface area contributed by atoms with Crippen LogP contribution in [0.15, 0.2) is 72.8 Å². The van der Waals surface area contributed by atoms with Gasteiger partial charge in [0.2, 0.25) is 0 Å². The van der Waals surface area contributed by atoms with Crippen molar-refractivity contribution >= 4 is 0 Å². The molecule has 0 bridgehead atoms. The zero-order valence-corrected chi connectivity index (χ0v) is 15.1. The van der Waals surface area contributed by atoms with E-state index in [4.69, 9.17) is 15.2 Å². The van der Waals surface area contributed by atoms with Crippen LogP contribution in [0.3, 0.4) is 0 Å². The van der Waals surface area contributed by atoms with E-state index in [-0.39, 0.29) is 18.8 Å². The van der Waals surface area contributed by atoms with Crippen molar-refractivity contribution in [3.05, 3.63) is 83.9 Å². The van der Waals surface area contributed by atoms with Crippen LogP contribution in [0.2, 0.25) is 0 Å². The average Bonchev–Trinajstić information content (AvgIpc) is 2.71. The molecule has 0 aromatic heterocycles. The van der Waals surface area contributed by atoms with Crippen molar-refractivity contribution in [2.75, 3.05) is 13.2 Å². The molecule has 0 spiro atoms. The monoisotopic (exact) mass is 387 g/mol. The molecule has 3 nitrogen and oxygen atoms in total. The highest BCUT2D eigenvalue weighted by molar-refractivity contribution is 5.71. The second kappa shape index (κ2) is 8.80. The quantitative estimate of drug-likeness (QED) is 0.599. The van der Waals surface area contributed by atoms with Crippen molar-refractivity contribution in [3.8, 4) is 22.6 Å². The second-order valence-electron chi connectivity index (χ2n) is 6.12. The summed E-state index contributed by atoms with van der Waals surface area (Å²) in [4.78, 5) is 0. The number of ether oxygens (including phenoxy) is 2. The molecule has 28 heavy (non-hydrogen) atoms. The van der Waals surface area contributed by atoms with Crippen molar-refractivity contribution in [2.45, 2.75) is 12.8 Å². The summed E-state index contributed by atoms with van der Waals surface area (Å²) in [5.74, 6) is 0.807. The Bertz CT molecular complexity index is 911. The van der Waals surface area contributed by atoms with Crippen LogP contribution in [-0.4, -0.2) is 13.2 Å². The zero-order chi connectivity index (χ0) is 20.0. The van der Waals surface area contributed by atoms with Gasteiger partial charge in [0.05, 0.1) is 5.56 Å². The Hall–Kier alpha value is -2.99. The first-order valence-electron chi connectivity index (χ1n) is 8.79. The minimum atomic E-state index is -4.45. The molecule has 3 rings (SSSR count). The molecule has 0 aliphatic carbocycles. The molecule has 0 atom stereocenters. The Labute approximate surface area is 161 Å². The molecule has 0 radical (unpaired) electrons. The largest absolute Gasteiger partial charge is 0.488 e. The molecule has 3 aromatic rings. The van der Waals surface area contributed by atoms with Crippen molar-refractivity contribution < 1.29 is 22.6 Å². The number of alkyl halides is 3. The van der Waals surface area contributed by atoms with E-state index in [1.54, 1.807) is 24.3 Å². The Morgan fingerprint density at radius 2 is 1.50 bits per heavy atom. The van der Waals surface area contributed by atoms with Gasteiger partial charge in [-0.15, -0.1) is 0 Å². The van der Waals surface area contributed by atoms with Gasteiger partial charge < -0.3 is 15.2 Å². The van der Waals surface area contributed by atoms with Gasteiger partial charge in [0.1, 0.15) is 13.2 Å². The van der Waals surface area contributed by atoms with Gasteiger partial charge in [0.15, 0.2) is 11.5 Å². The molecule has 0 saturated carbocycles. The van der Waals surface area contributed by atoms with E-state index in [1.807, 2.05) is 30.3 Å². The minimum absolute atomic E-state index is 0.0879. The fourth-order valence-corrected chi connectivity index (χ4v) is 2.79. The molecule has 0 aliphatic heterocycles. The lowest BCUT2D eigenvalue weighted by Gasteiger charge is -2.16. The van der Waals surface area contributed by atoms with Gasteiger partial charge in [-0.05, 0) is 34.9 Å². The van der Waals surface area contributed by atoms with Crippen LogP contribution < -0.4 is 15.2 Å². The maximum atomic E-state index is 13.4. The Balaban J connectivity index is 1.96. The fraction of sp³-hybridized carbons (Fsp3) is 0.182. The summed E-state index contributed by atoms with van der Waals surface area (Å²) in [5.41, 5.74) is 6.22. The molecule has 0 saturated heterocycles. The molecular formula is C22H20F3NO2. The number of hydrogen-bond donors (Lipinski definition) is 1. The van der Waals surface area contributed by atoms with Crippen LogP contribution in [0.4, 0.5) is 13.2 Å². The molecule has 6 heteroatoms. The predicted octanol–water partition coefficient (Wildman–Crippen LogP) is 5.29. The molecule has 0 amide bonds. The zero-order valence-electron chi connectivity index (χ0n) is 15.1. The van der Waals surface area contributed by atoms with Gasteiger partial charge >= 0.3 is 6.18 Å². The molecule has 2 N–H and O–H groups in total. The summed E-state index contributed by atoms with van der Waals surface area (Å²) < 4.78 is 51.6. The first-order valence-corrected chi connectivity index (χ1v) is 8.79. The highest BCUT2D eigenvalue weighted by Crippen LogP contribution is 2.40. The van der Waals surface area contributed by atoms with Gasteiger partial charge in [-0.2, -0.15) is 13.2 Å². The number of benzene rings is 3. The van der Waals surface area contributed by atoms with Crippen LogP contribution >= 0.6 is 0 Å². The lowest BCUT2D eigenvalue weighted by molar-refractivity contribution is -0.137. The minimum Gasteiger partial charge on any atom is -0.488 e. The highest BCUT2D eigenvalue weighted by atomic mass is 19.4. The third kappa shape index (κ3) is 4.84. The summed E-state index contributed by atoms with van der Waals surface area (Å²) in [6, 6.07) is 19.7. The molecule has 0 fully saturated rings. The van der Waals surface area contributed by atoms with Gasteiger partial charge in [0.25, 0.3) is 0 Å². The van der Waals surface area contributed by atoms with Crippen molar-refractivity contribution in [1.82, 2.24) is 0 Å². The molecule has 3 aromatic carbocycles. The Morgan fingerprint density at radius 3 is 2.21 bits per heavy atom. The second-order valence-corrected chi connectivity index (χ2v) is 6.12. The maximum absolute atomic E-state index is 13.4. The Morgan fingerprint density at radius 1 is 0.786 bits per heavy atom. The van der Waals surface area contributed by atoms with Crippen molar-refractivity contribution in [3.63, 3.8) is 0 Å². The highest BCUT2D eigenvalue weighted by Gasteiger charge is 2.33. The van der Waals surface area contributed by atoms with Crippen LogP contribution in [0, 0.1) is 0 Å². The fourth-order valence-electron chi connectivity index (χ4n) is 2.79. The standard InChI is InChI=1S/C22H20F3NO2/c23-22(24,25)19-9-5-4-8-18(19)17-10-11-20(27-13-12-26)21(14-17)28-15-16-6-2-1-3-7-16/h1-11,14H,12-13,15,26H2. The van der Waals surface area contributed by atoms with E-state index in [0.29, 0.717) is 23.6 Å². The van der Waals surface area contributed by atoms with Crippen LogP contribution in [0.1, 0.15) is 11.1 Å². The van der Waals surface area contributed by atoms with Gasteiger partial charge in [-0.1, -0.05) is 54.6 Å². The van der Waals surface area contributed by atoms with Crippen LogP contribution in [0.25, 0.3) is 11.1 Å². The molecule has 0 aliphatic rings. The lowest BCUT2D eigenvalue weighted by atomic mass is 9.99. The number of rotatable bonds is 7. The van der Waals surface area contributed by atoms with Crippen molar-refractivity contribution in [2.24, 2.45) is 5.73 Å². The summed E-state index contributed by atoms with van der Waals surface area (Å²) in [7, 11) is 0. The number of nitrogens with two attached hydrogens (primary N) is 1. The SMILES string of the molecule is NCCOc1ccc(-c2ccccc2C(F)(F)F)cc1OCc1ccccc1. The van der Waals surface area contributed by atoms with E-state index < -0.39 is 11.7 Å². The molecule has 0 unspecified atom stereocenters. The summed E-state index contributed by atoms with van der Waals surface area (Å²) in [5, 5.41) is 0. The normalized spacial score (nSPS) is 11.3. The summed E-state index contributed by atoms with van der Waals surface area (Å²) in [6.45, 7) is 0.862. The van der Waals surface area contributed by atoms with Gasteiger partial charge in [-0.3, -0.25) is 0 Å². The first kappa shape index (κ1) is 19.8. The smallest absolute Gasteiger partial charge is 0.417 e. The number of halogens is 3. The van der Waals surface area contributed by atoms with E-state index in [9.17, 15) is 13.2 Å². The van der Waals surface area contributed by atoms with Gasteiger partial charge in [0, 0.05) is 6.54 Å². The van der Waals surface area contributed by atoms with E-state index in [0.717, 1.165) is 11.6 Å². The van der Waals surface area contributed by atoms with Crippen molar-refractivity contribution in [1.29, 1.82) is 0 Å². The summed E-state index contributed by atoms with van der Waals surface area (Å²) >= 11 is 0. The maximum Gasteiger partial charge on any atom is 0.417 e.